The van der Waals surface area contributed by atoms with Crippen molar-refractivity contribution in [1.29, 1.82) is 0 Å². The lowest BCUT2D eigenvalue weighted by atomic mass is 10.1. The first-order valence-electron chi connectivity index (χ1n) is 7.74. The Morgan fingerprint density at radius 2 is 2.00 bits per heavy atom. The van der Waals surface area contributed by atoms with E-state index in [0.29, 0.717) is 11.2 Å². The second-order valence-corrected chi connectivity index (χ2v) is 6.84. The van der Waals surface area contributed by atoms with Crippen LogP contribution >= 0.6 is 23.6 Å². The first-order valence-corrected chi connectivity index (χ1v) is 8.97. The van der Waals surface area contributed by atoms with Gasteiger partial charge in [0.2, 0.25) is 0 Å². The molecule has 3 aromatic rings. The molecule has 0 bridgehead atoms. The topological polar surface area (TPSA) is 44.1 Å². The third-order valence-corrected chi connectivity index (χ3v) is 5.53. The Labute approximate surface area is 149 Å². The van der Waals surface area contributed by atoms with Crippen molar-refractivity contribution in [1.82, 2.24) is 9.55 Å². The summed E-state index contributed by atoms with van der Waals surface area (Å²) in [6.07, 6.45) is 0. The Bertz CT molecular complexity index is 959. The fourth-order valence-corrected chi connectivity index (χ4v) is 4.45. The van der Waals surface area contributed by atoms with E-state index in [1.165, 1.54) is 0 Å². The molecule has 0 aliphatic rings. The number of nitrogens with zero attached hydrogens (tertiary/aromatic N) is 2. The van der Waals surface area contributed by atoms with Crippen molar-refractivity contribution >= 4 is 39.7 Å². The van der Waals surface area contributed by atoms with Gasteiger partial charge >= 0.3 is 5.97 Å². The van der Waals surface area contributed by atoms with Crippen molar-refractivity contribution in [2.75, 3.05) is 6.61 Å². The van der Waals surface area contributed by atoms with E-state index < -0.39 is 0 Å². The number of rotatable bonds is 4. The fourth-order valence-electron chi connectivity index (χ4n) is 2.70. The van der Waals surface area contributed by atoms with Gasteiger partial charge in [-0.2, -0.15) is 0 Å². The lowest BCUT2D eigenvalue weighted by Gasteiger charge is -2.10. The number of esters is 1. The van der Waals surface area contributed by atoms with E-state index in [1.807, 2.05) is 25.1 Å². The summed E-state index contributed by atoms with van der Waals surface area (Å²) in [6, 6.07) is 10.2. The first-order chi connectivity index (χ1) is 11.5. The molecule has 0 aliphatic carbocycles. The van der Waals surface area contributed by atoms with Gasteiger partial charge in [-0.25, -0.2) is 4.98 Å². The standard InChI is InChI=1S/C18H18N2O2S2/c1-4-22-14(21)10-20-12(3)19-17-15(18(20)23)11(2)16(24-17)13-8-6-5-7-9-13/h5-9H,4,10H2,1-3H3. The second kappa shape index (κ2) is 6.83. The fraction of sp³-hybridized carbons (Fsp3) is 0.278. The van der Waals surface area contributed by atoms with Crippen LogP contribution in [0, 0.1) is 18.5 Å². The van der Waals surface area contributed by atoms with Crippen molar-refractivity contribution in [3.05, 3.63) is 46.4 Å². The minimum absolute atomic E-state index is 0.0946. The molecule has 0 saturated heterocycles. The zero-order chi connectivity index (χ0) is 17.3. The van der Waals surface area contributed by atoms with E-state index in [0.717, 1.165) is 32.0 Å². The molecule has 24 heavy (non-hydrogen) atoms. The molecule has 0 fully saturated rings. The van der Waals surface area contributed by atoms with Crippen molar-refractivity contribution in [2.24, 2.45) is 0 Å². The predicted molar refractivity (Wildman–Crippen MR) is 100.0 cm³/mol. The average Bonchev–Trinajstić information content (AvgIpc) is 2.89. The van der Waals surface area contributed by atoms with Crippen molar-refractivity contribution in [3.63, 3.8) is 0 Å². The summed E-state index contributed by atoms with van der Waals surface area (Å²) in [5.74, 6) is 0.426. The number of carbonyl (C=O) groups excluding carboxylic acids is 1. The molecule has 2 aromatic heterocycles. The van der Waals surface area contributed by atoms with Crippen LogP contribution in [0.5, 0.6) is 0 Å². The van der Waals surface area contributed by atoms with Gasteiger partial charge in [0.25, 0.3) is 0 Å². The number of fused-ring (bicyclic) bond motifs is 1. The summed E-state index contributed by atoms with van der Waals surface area (Å²) in [6.45, 7) is 6.17. The minimum Gasteiger partial charge on any atom is -0.465 e. The average molecular weight is 358 g/mol. The maximum absolute atomic E-state index is 11.9. The smallest absolute Gasteiger partial charge is 0.326 e. The molecule has 0 unspecified atom stereocenters. The molecule has 2 heterocycles. The highest BCUT2D eigenvalue weighted by molar-refractivity contribution is 7.71. The normalized spacial score (nSPS) is 11.0. The summed E-state index contributed by atoms with van der Waals surface area (Å²) >= 11 is 7.29. The largest absolute Gasteiger partial charge is 0.465 e. The summed E-state index contributed by atoms with van der Waals surface area (Å²) in [7, 11) is 0. The predicted octanol–water partition coefficient (Wildman–Crippen LogP) is 4.67. The van der Waals surface area contributed by atoms with Crippen molar-refractivity contribution in [3.8, 4) is 10.4 Å². The molecule has 0 atom stereocenters. The van der Waals surface area contributed by atoms with Crippen LogP contribution in [-0.2, 0) is 16.1 Å². The molecular weight excluding hydrogens is 340 g/mol. The number of thiophene rings is 1. The Morgan fingerprint density at radius 3 is 2.67 bits per heavy atom. The summed E-state index contributed by atoms with van der Waals surface area (Å²) in [5.41, 5.74) is 2.26. The molecule has 1 aromatic carbocycles. The van der Waals surface area contributed by atoms with Crippen LogP contribution < -0.4 is 0 Å². The number of hydrogen-bond donors (Lipinski definition) is 0. The quantitative estimate of drug-likeness (QED) is 0.502. The van der Waals surface area contributed by atoms with Crippen LogP contribution in [0.15, 0.2) is 30.3 Å². The monoisotopic (exact) mass is 358 g/mol. The number of hydrogen-bond acceptors (Lipinski definition) is 5. The molecule has 0 radical (unpaired) electrons. The summed E-state index contributed by atoms with van der Waals surface area (Å²) in [4.78, 5) is 18.6. The highest BCUT2D eigenvalue weighted by Crippen LogP contribution is 2.37. The van der Waals surface area contributed by atoms with Gasteiger partial charge in [-0.05, 0) is 31.9 Å². The molecule has 0 spiro atoms. The van der Waals surface area contributed by atoms with Gasteiger partial charge in [0.05, 0.1) is 6.61 Å². The highest BCUT2D eigenvalue weighted by Gasteiger charge is 2.17. The van der Waals surface area contributed by atoms with E-state index >= 15 is 0 Å². The summed E-state index contributed by atoms with van der Waals surface area (Å²) in [5, 5.41) is 0.948. The van der Waals surface area contributed by atoms with Gasteiger partial charge in [0.1, 0.15) is 21.8 Å². The lowest BCUT2D eigenvalue weighted by molar-refractivity contribution is -0.143. The van der Waals surface area contributed by atoms with E-state index in [2.05, 4.69) is 24.0 Å². The summed E-state index contributed by atoms with van der Waals surface area (Å²) < 4.78 is 7.44. The van der Waals surface area contributed by atoms with Crippen molar-refractivity contribution in [2.45, 2.75) is 27.3 Å². The molecule has 0 aliphatic heterocycles. The number of benzene rings is 1. The van der Waals surface area contributed by atoms with Gasteiger partial charge in [0.15, 0.2) is 0 Å². The van der Waals surface area contributed by atoms with E-state index in [1.54, 1.807) is 22.8 Å². The van der Waals surface area contributed by atoms with Gasteiger partial charge in [0, 0.05) is 10.3 Å². The maximum Gasteiger partial charge on any atom is 0.326 e. The number of carbonyl (C=O) groups is 1. The Balaban J connectivity index is 2.17. The van der Waals surface area contributed by atoms with Crippen LogP contribution in [0.1, 0.15) is 18.3 Å². The molecule has 0 amide bonds. The zero-order valence-corrected chi connectivity index (χ0v) is 15.5. The molecular formula is C18H18N2O2S2. The van der Waals surface area contributed by atoms with Crippen molar-refractivity contribution < 1.29 is 9.53 Å². The minimum atomic E-state index is -0.297. The second-order valence-electron chi connectivity index (χ2n) is 5.46. The molecule has 0 N–H and O–H groups in total. The third-order valence-electron chi connectivity index (χ3n) is 3.87. The van der Waals surface area contributed by atoms with Crippen LogP contribution in [0.4, 0.5) is 0 Å². The van der Waals surface area contributed by atoms with E-state index in [-0.39, 0.29) is 12.5 Å². The van der Waals surface area contributed by atoms with Crippen LogP contribution in [0.3, 0.4) is 0 Å². The van der Waals surface area contributed by atoms with Gasteiger partial charge < -0.3 is 9.30 Å². The Hall–Kier alpha value is -2.05. The number of aromatic nitrogens is 2. The number of aryl methyl sites for hydroxylation is 2. The maximum atomic E-state index is 11.9. The van der Waals surface area contributed by atoms with Gasteiger partial charge in [-0.1, -0.05) is 42.5 Å². The van der Waals surface area contributed by atoms with Crippen LogP contribution in [0.25, 0.3) is 20.7 Å². The van der Waals surface area contributed by atoms with Gasteiger partial charge in [-0.3, -0.25) is 4.79 Å². The van der Waals surface area contributed by atoms with E-state index in [4.69, 9.17) is 17.0 Å². The molecule has 0 saturated carbocycles. The number of ether oxygens (including phenoxy) is 1. The Morgan fingerprint density at radius 1 is 1.29 bits per heavy atom. The van der Waals surface area contributed by atoms with Crippen LogP contribution in [-0.4, -0.2) is 22.1 Å². The molecule has 6 heteroatoms. The molecule has 3 rings (SSSR count). The zero-order valence-electron chi connectivity index (χ0n) is 13.8. The van der Waals surface area contributed by atoms with E-state index in [9.17, 15) is 4.79 Å². The third kappa shape index (κ3) is 2.99. The highest BCUT2D eigenvalue weighted by atomic mass is 32.1. The SMILES string of the molecule is CCOC(=O)Cn1c(C)nc2sc(-c3ccccc3)c(C)c2c1=S. The van der Waals surface area contributed by atoms with Gasteiger partial charge in [-0.15, -0.1) is 11.3 Å². The molecule has 4 nitrogen and oxygen atoms in total. The Kier molecular flexibility index (Phi) is 4.78. The first kappa shape index (κ1) is 16.8. The lowest BCUT2D eigenvalue weighted by Crippen LogP contribution is -2.17. The molecule has 124 valence electrons. The van der Waals surface area contributed by atoms with Crippen LogP contribution in [0.2, 0.25) is 0 Å².